The largest absolute Gasteiger partial charge is 0.365 e. The van der Waals surface area contributed by atoms with E-state index >= 15 is 0 Å². The second kappa shape index (κ2) is 6.63. The predicted octanol–water partition coefficient (Wildman–Crippen LogP) is 3.62. The summed E-state index contributed by atoms with van der Waals surface area (Å²) in [7, 11) is 0. The zero-order valence-electron chi connectivity index (χ0n) is 13.8. The monoisotopic (exact) mass is 385 g/mol. The molecule has 1 aliphatic rings. The summed E-state index contributed by atoms with van der Waals surface area (Å²) in [4.78, 5) is 27.2. The summed E-state index contributed by atoms with van der Waals surface area (Å²) in [6.07, 6.45) is 0. The van der Waals surface area contributed by atoms with E-state index in [0.717, 1.165) is 11.3 Å². The van der Waals surface area contributed by atoms with E-state index in [4.69, 9.17) is 17.3 Å². The van der Waals surface area contributed by atoms with Crippen LogP contribution >= 0.6 is 22.9 Å². The molecule has 1 aliphatic heterocycles. The molecule has 0 spiro atoms. The number of carbonyl (C=O) groups excluding carboxylic acids is 2. The third-order valence-electron chi connectivity index (χ3n) is 4.56. The summed E-state index contributed by atoms with van der Waals surface area (Å²) >= 11 is 7.96. The molecule has 4 rings (SSSR count). The van der Waals surface area contributed by atoms with E-state index in [1.165, 1.54) is 11.3 Å². The van der Waals surface area contributed by atoms with Gasteiger partial charge in [0.25, 0.3) is 11.8 Å². The van der Waals surface area contributed by atoms with Crippen LogP contribution in [0.3, 0.4) is 0 Å². The molecule has 2 N–H and O–H groups in total. The lowest BCUT2D eigenvalue weighted by Crippen LogP contribution is -2.38. The minimum Gasteiger partial charge on any atom is -0.365 e. The Balaban J connectivity index is 1.79. The van der Waals surface area contributed by atoms with Gasteiger partial charge in [-0.3, -0.25) is 9.59 Å². The van der Waals surface area contributed by atoms with Gasteiger partial charge in [-0.15, -0.1) is 11.3 Å². The molecule has 0 aliphatic carbocycles. The van der Waals surface area contributed by atoms with Crippen LogP contribution in [0.4, 0.5) is 0 Å². The second-order valence-electron chi connectivity index (χ2n) is 6.07. The molecule has 3 aromatic rings. The van der Waals surface area contributed by atoms with Crippen LogP contribution in [0.2, 0.25) is 5.02 Å². The predicted molar refractivity (Wildman–Crippen MR) is 102 cm³/mol. The molecular formula is C19H16ClN3O2S. The molecule has 26 heavy (non-hydrogen) atoms. The number of nitrogens with zero attached hydrogens (tertiary/aromatic N) is 2. The van der Waals surface area contributed by atoms with Crippen LogP contribution in [0.25, 0.3) is 11.3 Å². The third-order valence-corrected chi connectivity index (χ3v) is 5.78. The molecule has 132 valence electrons. The van der Waals surface area contributed by atoms with Crippen LogP contribution in [-0.2, 0) is 13.1 Å². The quantitative estimate of drug-likeness (QED) is 0.748. The van der Waals surface area contributed by atoms with Crippen LogP contribution in [0.15, 0.2) is 47.8 Å². The normalized spacial score (nSPS) is 13.5. The molecule has 0 radical (unpaired) electrons. The number of nitrogens with two attached hydrogens (primary N) is 1. The van der Waals surface area contributed by atoms with Gasteiger partial charge in [0.05, 0.1) is 33.4 Å². The van der Waals surface area contributed by atoms with Crippen LogP contribution in [-0.4, -0.2) is 27.8 Å². The second-order valence-corrected chi connectivity index (χ2v) is 7.40. The van der Waals surface area contributed by atoms with Crippen molar-refractivity contribution in [1.82, 2.24) is 9.47 Å². The highest BCUT2D eigenvalue weighted by Gasteiger charge is 2.31. The van der Waals surface area contributed by atoms with Crippen molar-refractivity contribution in [2.75, 3.05) is 6.54 Å². The molecule has 1 aromatic carbocycles. The first-order valence-corrected chi connectivity index (χ1v) is 9.42. The van der Waals surface area contributed by atoms with E-state index in [0.29, 0.717) is 40.8 Å². The van der Waals surface area contributed by atoms with E-state index in [2.05, 4.69) is 0 Å². The average molecular weight is 386 g/mol. The number of halogens is 1. The summed E-state index contributed by atoms with van der Waals surface area (Å²) < 4.78 is 2.01. The van der Waals surface area contributed by atoms with Gasteiger partial charge in [-0.05, 0) is 17.0 Å². The van der Waals surface area contributed by atoms with E-state index in [9.17, 15) is 9.59 Å². The minimum absolute atomic E-state index is 0.0414. The Labute approximate surface area is 159 Å². The number of hydrogen-bond acceptors (Lipinski definition) is 3. The van der Waals surface area contributed by atoms with Crippen molar-refractivity contribution in [3.63, 3.8) is 0 Å². The summed E-state index contributed by atoms with van der Waals surface area (Å²) in [6.45, 7) is 1.41. The maximum absolute atomic E-state index is 12.7. The van der Waals surface area contributed by atoms with Crippen LogP contribution in [0.1, 0.15) is 25.7 Å². The Morgan fingerprint density at radius 2 is 1.85 bits per heavy atom. The lowest BCUT2D eigenvalue weighted by molar-refractivity contribution is 0.0713. The van der Waals surface area contributed by atoms with Crippen LogP contribution in [0.5, 0.6) is 0 Å². The van der Waals surface area contributed by atoms with E-state index in [1.807, 2.05) is 46.3 Å². The zero-order chi connectivity index (χ0) is 18.3. The highest BCUT2D eigenvalue weighted by Crippen LogP contribution is 2.38. The smallest absolute Gasteiger partial charge is 0.264 e. The van der Waals surface area contributed by atoms with Gasteiger partial charge in [-0.1, -0.05) is 48.0 Å². The number of benzene rings is 1. The first-order valence-electron chi connectivity index (χ1n) is 8.16. The molecule has 0 fully saturated rings. The van der Waals surface area contributed by atoms with Gasteiger partial charge in [0.1, 0.15) is 0 Å². The first kappa shape index (κ1) is 16.9. The Hall–Kier alpha value is -2.57. The van der Waals surface area contributed by atoms with Crippen molar-refractivity contribution >= 4 is 34.8 Å². The Bertz CT molecular complexity index is 980. The molecule has 7 heteroatoms. The first-order chi connectivity index (χ1) is 12.6. The molecule has 5 nitrogen and oxygen atoms in total. The van der Waals surface area contributed by atoms with Gasteiger partial charge in [0, 0.05) is 13.1 Å². The molecule has 0 saturated carbocycles. The van der Waals surface area contributed by atoms with Crippen molar-refractivity contribution in [1.29, 1.82) is 0 Å². The van der Waals surface area contributed by atoms with E-state index in [-0.39, 0.29) is 5.91 Å². The SMILES string of the molecule is NC(=O)c1c(Cl)c(-c2ccccc2)n2c1CN(C(=O)c1cccs1)CC2. The molecule has 2 amide bonds. The van der Waals surface area contributed by atoms with Crippen molar-refractivity contribution in [2.45, 2.75) is 13.1 Å². The van der Waals surface area contributed by atoms with Crippen LogP contribution < -0.4 is 5.73 Å². The zero-order valence-corrected chi connectivity index (χ0v) is 15.4. The van der Waals surface area contributed by atoms with Crippen molar-refractivity contribution in [3.05, 3.63) is 69.0 Å². The molecule has 2 aromatic heterocycles. The molecule has 0 atom stereocenters. The average Bonchev–Trinajstić information content (AvgIpc) is 3.26. The number of primary amides is 1. The molecular weight excluding hydrogens is 370 g/mol. The van der Waals surface area contributed by atoms with E-state index in [1.54, 1.807) is 11.0 Å². The highest BCUT2D eigenvalue weighted by molar-refractivity contribution is 7.12. The number of aromatic nitrogens is 1. The third kappa shape index (κ3) is 2.71. The van der Waals surface area contributed by atoms with Gasteiger partial charge in [-0.25, -0.2) is 0 Å². The van der Waals surface area contributed by atoms with E-state index < -0.39 is 5.91 Å². The van der Waals surface area contributed by atoms with Gasteiger partial charge in [0.15, 0.2) is 0 Å². The maximum atomic E-state index is 12.7. The number of amides is 2. The summed E-state index contributed by atoms with van der Waals surface area (Å²) in [6, 6.07) is 13.3. The van der Waals surface area contributed by atoms with Crippen molar-refractivity contribution in [3.8, 4) is 11.3 Å². The lowest BCUT2D eigenvalue weighted by Gasteiger charge is -2.29. The number of carbonyl (C=O) groups is 2. The molecule has 0 unspecified atom stereocenters. The minimum atomic E-state index is -0.577. The van der Waals surface area contributed by atoms with Gasteiger partial charge in [0.2, 0.25) is 0 Å². The summed E-state index contributed by atoms with van der Waals surface area (Å²) in [5.41, 5.74) is 8.30. The lowest BCUT2D eigenvalue weighted by atomic mass is 10.1. The van der Waals surface area contributed by atoms with Crippen molar-refractivity contribution in [2.24, 2.45) is 5.73 Å². The fourth-order valence-corrected chi connectivity index (χ4v) is 4.49. The number of fused-ring (bicyclic) bond motifs is 1. The number of hydrogen-bond donors (Lipinski definition) is 1. The molecule has 3 heterocycles. The van der Waals surface area contributed by atoms with Gasteiger partial charge >= 0.3 is 0 Å². The van der Waals surface area contributed by atoms with Gasteiger partial charge < -0.3 is 15.2 Å². The number of rotatable bonds is 3. The molecule has 0 saturated heterocycles. The number of thiophene rings is 1. The Kier molecular flexibility index (Phi) is 4.30. The topological polar surface area (TPSA) is 68.3 Å². The Morgan fingerprint density at radius 1 is 1.08 bits per heavy atom. The fourth-order valence-electron chi connectivity index (χ4n) is 3.38. The standard InChI is InChI=1S/C19H16ClN3O2S/c20-16-15(18(21)24)13-11-22(19(25)14-7-4-10-26-14)8-9-23(13)17(16)12-5-2-1-3-6-12/h1-7,10H,8-9,11H2,(H2,21,24). The molecule has 0 bridgehead atoms. The Morgan fingerprint density at radius 3 is 2.50 bits per heavy atom. The van der Waals surface area contributed by atoms with Crippen LogP contribution in [0, 0.1) is 0 Å². The highest BCUT2D eigenvalue weighted by atomic mass is 35.5. The van der Waals surface area contributed by atoms with Gasteiger partial charge in [-0.2, -0.15) is 0 Å². The summed E-state index contributed by atoms with van der Waals surface area (Å²) in [5, 5.41) is 2.23. The summed E-state index contributed by atoms with van der Waals surface area (Å²) in [5.74, 6) is -0.619. The van der Waals surface area contributed by atoms with Crippen molar-refractivity contribution < 1.29 is 9.59 Å². The fraction of sp³-hybridized carbons (Fsp3) is 0.158. The maximum Gasteiger partial charge on any atom is 0.264 e.